The molecule has 0 radical (unpaired) electrons. The molecule has 3 N–H and O–H groups in total. The zero-order valence-electron chi connectivity index (χ0n) is 11.5. The molecule has 0 spiro atoms. The maximum absolute atomic E-state index is 12.3. The molecule has 2 amide bonds. The number of thioether (sulfide) groups is 1. The minimum Gasteiger partial charge on any atom is -0.481 e. The fourth-order valence-electron chi connectivity index (χ4n) is 2.77. The molecule has 0 bridgehead atoms. The van der Waals surface area contributed by atoms with Crippen LogP contribution in [0.4, 0.5) is 4.79 Å². The fraction of sp³-hybridized carbons (Fsp3) is 0.846. The molecular weight excluding hydrogens is 280 g/mol. The summed E-state index contributed by atoms with van der Waals surface area (Å²) in [6.07, 6.45) is 2.79. The number of carbonyl (C=O) groups is 2. The molecule has 0 aromatic heterocycles. The van der Waals surface area contributed by atoms with Crippen LogP contribution in [0.15, 0.2) is 0 Å². The average molecular weight is 302 g/mol. The van der Waals surface area contributed by atoms with Gasteiger partial charge in [0.05, 0.1) is 18.6 Å². The molecular formula is C13H22N2O4S. The first-order chi connectivity index (χ1) is 9.56. The second kappa shape index (κ2) is 7.17. The number of nitrogens with zero attached hydrogens (tertiary/aromatic N) is 1. The summed E-state index contributed by atoms with van der Waals surface area (Å²) in [5, 5.41) is 21.4. The van der Waals surface area contributed by atoms with E-state index in [9.17, 15) is 14.7 Å². The number of urea groups is 1. The van der Waals surface area contributed by atoms with E-state index in [-0.39, 0.29) is 30.6 Å². The second-order valence-corrected chi connectivity index (χ2v) is 6.62. The molecule has 114 valence electrons. The number of aliphatic carboxylic acids is 1. The highest BCUT2D eigenvalue weighted by molar-refractivity contribution is 7.99. The Kier molecular flexibility index (Phi) is 5.54. The van der Waals surface area contributed by atoms with Crippen molar-refractivity contribution in [2.75, 3.05) is 18.1 Å². The highest BCUT2D eigenvalue weighted by atomic mass is 32.2. The van der Waals surface area contributed by atoms with Gasteiger partial charge in [0, 0.05) is 24.1 Å². The molecule has 1 unspecified atom stereocenters. The van der Waals surface area contributed by atoms with Crippen molar-refractivity contribution in [1.82, 2.24) is 10.2 Å². The van der Waals surface area contributed by atoms with Crippen LogP contribution in [0.5, 0.6) is 0 Å². The summed E-state index contributed by atoms with van der Waals surface area (Å²) in [5.41, 5.74) is 0. The van der Waals surface area contributed by atoms with Crippen LogP contribution >= 0.6 is 11.8 Å². The van der Waals surface area contributed by atoms with Crippen LogP contribution in [0.2, 0.25) is 0 Å². The molecule has 20 heavy (non-hydrogen) atoms. The van der Waals surface area contributed by atoms with Gasteiger partial charge in [0.25, 0.3) is 0 Å². The van der Waals surface area contributed by atoms with E-state index in [1.807, 2.05) is 0 Å². The van der Waals surface area contributed by atoms with Gasteiger partial charge in [0.1, 0.15) is 0 Å². The van der Waals surface area contributed by atoms with Gasteiger partial charge in [-0.3, -0.25) is 4.79 Å². The van der Waals surface area contributed by atoms with Crippen molar-refractivity contribution in [3.8, 4) is 0 Å². The summed E-state index contributed by atoms with van der Waals surface area (Å²) in [4.78, 5) is 24.8. The van der Waals surface area contributed by atoms with Crippen LogP contribution in [0.3, 0.4) is 0 Å². The Morgan fingerprint density at radius 2 is 1.95 bits per heavy atom. The van der Waals surface area contributed by atoms with Gasteiger partial charge in [-0.05, 0) is 25.7 Å². The van der Waals surface area contributed by atoms with Crippen molar-refractivity contribution in [2.45, 2.75) is 50.3 Å². The third kappa shape index (κ3) is 4.28. The number of hydrogen-bond donors (Lipinski definition) is 3. The molecule has 2 rings (SSSR count). The predicted molar refractivity (Wildman–Crippen MR) is 76.9 cm³/mol. The standard InChI is InChI=1S/C13H22N2O4S/c16-11-3-1-9(2-4-11)14-13(19)15-5-6-20-8-10(15)7-12(17)18/h9-11,16H,1-8H2,(H,14,19)(H,17,18). The Morgan fingerprint density at radius 1 is 1.25 bits per heavy atom. The average Bonchev–Trinajstić information content (AvgIpc) is 2.41. The molecule has 2 fully saturated rings. The summed E-state index contributed by atoms with van der Waals surface area (Å²) < 4.78 is 0. The van der Waals surface area contributed by atoms with Crippen molar-refractivity contribution < 1.29 is 19.8 Å². The van der Waals surface area contributed by atoms with Crippen LogP contribution in [-0.2, 0) is 4.79 Å². The maximum Gasteiger partial charge on any atom is 0.317 e. The zero-order chi connectivity index (χ0) is 14.5. The normalized spacial score (nSPS) is 30.9. The van der Waals surface area contributed by atoms with Crippen molar-refractivity contribution in [2.24, 2.45) is 0 Å². The number of carboxylic acids is 1. The van der Waals surface area contributed by atoms with Gasteiger partial charge in [-0.15, -0.1) is 0 Å². The van der Waals surface area contributed by atoms with Crippen LogP contribution in [0, 0.1) is 0 Å². The molecule has 1 aliphatic heterocycles. The minimum atomic E-state index is -0.865. The number of carboxylic acid groups (broad SMARTS) is 1. The van der Waals surface area contributed by atoms with Crippen molar-refractivity contribution >= 4 is 23.8 Å². The van der Waals surface area contributed by atoms with Crippen molar-refractivity contribution in [1.29, 1.82) is 0 Å². The third-order valence-corrected chi connectivity index (χ3v) is 5.01. The molecule has 6 nitrogen and oxygen atoms in total. The smallest absolute Gasteiger partial charge is 0.317 e. The number of aliphatic hydroxyl groups is 1. The van der Waals surface area contributed by atoms with Crippen LogP contribution in [-0.4, -0.2) is 63.4 Å². The Labute approximate surface area is 122 Å². The first-order valence-electron chi connectivity index (χ1n) is 7.11. The number of nitrogens with one attached hydrogen (secondary N) is 1. The molecule has 0 aromatic rings. The lowest BCUT2D eigenvalue weighted by molar-refractivity contribution is -0.138. The van der Waals surface area contributed by atoms with Crippen LogP contribution in [0.1, 0.15) is 32.1 Å². The van der Waals surface area contributed by atoms with E-state index in [1.165, 1.54) is 0 Å². The van der Waals surface area contributed by atoms with Gasteiger partial charge >= 0.3 is 12.0 Å². The fourth-order valence-corrected chi connectivity index (χ4v) is 3.83. The molecule has 0 aromatic carbocycles. The van der Waals surface area contributed by atoms with Gasteiger partial charge in [-0.25, -0.2) is 4.79 Å². The lowest BCUT2D eigenvalue weighted by atomic mass is 9.93. The van der Waals surface area contributed by atoms with Gasteiger partial charge in [0.2, 0.25) is 0 Å². The highest BCUT2D eigenvalue weighted by Gasteiger charge is 2.30. The molecule has 1 heterocycles. The summed E-state index contributed by atoms with van der Waals surface area (Å²) in [6, 6.07) is -0.274. The Balaban J connectivity index is 1.87. The van der Waals surface area contributed by atoms with Gasteiger partial charge in [0.15, 0.2) is 0 Å². The maximum atomic E-state index is 12.3. The van der Waals surface area contributed by atoms with E-state index in [0.717, 1.165) is 31.4 Å². The summed E-state index contributed by atoms with van der Waals surface area (Å²) in [7, 11) is 0. The van der Waals surface area contributed by atoms with Crippen LogP contribution in [0.25, 0.3) is 0 Å². The van der Waals surface area contributed by atoms with Gasteiger partial charge in [-0.2, -0.15) is 11.8 Å². The largest absolute Gasteiger partial charge is 0.481 e. The SMILES string of the molecule is O=C(O)CC1CSCCN1C(=O)NC1CCC(O)CC1. The van der Waals surface area contributed by atoms with E-state index in [2.05, 4.69) is 5.32 Å². The van der Waals surface area contributed by atoms with Crippen LogP contribution < -0.4 is 5.32 Å². The van der Waals surface area contributed by atoms with E-state index in [0.29, 0.717) is 12.3 Å². The van der Waals surface area contributed by atoms with E-state index < -0.39 is 5.97 Å². The summed E-state index contributed by atoms with van der Waals surface area (Å²) in [5.74, 6) is 0.673. The Hall–Kier alpha value is -0.950. The van der Waals surface area contributed by atoms with Gasteiger partial charge < -0.3 is 20.4 Å². The molecule has 2 aliphatic rings. The number of hydrogen-bond acceptors (Lipinski definition) is 4. The molecule has 1 aliphatic carbocycles. The first-order valence-corrected chi connectivity index (χ1v) is 8.26. The lowest BCUT2D eigenvalue weighted by Crippen LogP contribution is -2.53. The quantitative estimate of drug-likeness (QED) is 0.720. The first kappa shape index (κ1) is 15.4. The topological polar surface area (TPSA) is 89.9 Å². The molecule has 1 saturated heterocycles. The summed E-state index contributed by atoms with van der Waals surface area (Å²) in [6.45, 7) is 0.601. The Bertz CT molecular complexity index is 358. The second-order valence-electron chi connectivity index (χ2n) is 5.47. The van der Waals surface area contributed by atoms with Gasteiger partial charge in [-0.1, -0.05) is 0 Å². The molecule has 1 saturated carbocycles. The molecule has 7 heteroatoms. The van der Waals surface area contributed by atoms with Crippen molar-refractivity contribution in [3.05, 3.63) is 0 Å². The van der Waals surface area contributed by atoms with Crippen molar-refractivity contribution in [3.63, 3.8) is 0 Å². The Morgan fingerprint density at radius 3 is 2.60 bits per heavy atom. The number of rotatable bonds is 3. The zero-order valence-corrected chi connectivity index (χ0v) is 12.3. The van der Waals surface area contributed by atoms with E-state index >= 15 is 0 Å². The number of aliphatic hydroxyl groups excluding tert-OH is 1. The lowest BCUT2D eigenvalue weighted by Gasteiger charge is -2.36. The monoisotopic (exact) mass is 302 g/mol. The minimum absolute atomic E-state index is 0.00377. The predicted octanol–water partition coefficient (Wildman–Crippen LogP) is 0.892. The number of carbonyl (C=O) groups excluding carboxylic acids is 1. The number of amides is 2. The molecule has 1 atom stereocenters. The third-order valence-electron chi connectivity index (χ3n) is 3.92. The summed E-state index contributed by atoms with van der Waals surface area (Å²) >= 11 is 1.69. The van der Waals surface area contributed by atoms with E-state index in [4.69, 9.17) is 5.11 Å². The highest BCUT2D eigenvalue weighted by Crippen LogP contribution is 2.21. The van der Waals surface area contributed by atoms with E-state index in [1.54, 1.807) is 16.7 Å².